The maximum absolute atomic E-state index is 14.3. The number of halogens is 2. The number of likely N-dealkylation sites (tertiary alicyclic amines) is 1. The highest BCUT2D eigenvalue weighted by Gasteiger charge is 2.28. The summed E-state index contributed by atoms with van der Waals surface area (Å²) in [5, 5.41) is 0. The summed E-state index contributed by atoms with van der Waals surface area (Å²) in [4.78, 5) is 15.2. The molecule has 0 atom stereocenters. The molecule has 1 fully saturated rings. The van der Waals surface area contributed by atoms with Crippen LogP contribution in [0.5, 0.6) is 0 Å². The van der Waals surface area contributed by atoms with Gasteiger partial charge >= 0.3 is 0 Å². The highest BCUT2D eigenvalue weighted by molar-refractivity contribution is 8.22. The van der Waals surface area contributed by atoms with Gasteiger partial charge in [-0.1, -0.05) is 90.7 Å². The van der Waals surface area contributed by atoms with Gasteiger partial charge in [0, 0.05) is 41.1 Å². The van der Waals surface area contributed by atoms with E-state index >= 15 is 0 Å². The predicted octanol–water partition coefficient (Wildman–Crippen LogP) is 6.53. The van der Waals surface area contributed by atoms with Crippen LogP contribution >= 0.6 is 24.0 Å². The average molecular weight is 478 g/mol. The molecule has 0 saturated carbocycles. The lowest BCUT2D eigenvalue weighted by molar-refractivity contribution is -0.113. The Morgan fingerprint density at radius 1 is 0.818 bits per heavy atom. The van der Waals surface area contributed by atoms with E-state index in [1.54, 1.807) is 48.6 Å². The molecule has 1 heterocycles. The van der Waals surface area contributed by atoms with Gasteiger partial charge in [0.1, 0.15) is 16.0 Å². The van der Waals surface area contributed by atoms with E-state index in [2.05, 4.69) is 0 Å². The average Bonchev–Trinajstić information content (AvgIpc) is 2.83. The number of carbonyl (C=O) groups is 1. The molecule has 0 unspecified atom stereocenters. The molecule has 2 nitrogen and oxygen atoms in total. The van der Waals surface area contributed by atoms with Crippen molar-refractivity contribution in [3.8, 4) is 0 Å². The van der Waals surface area contributed by atoms with Crippen LogP contribution in [-0.4, -0.2) is 28.1 Å². The fraction of sp³-hybridized carbons (Fsp3) is 0.111. The number of ketones is 1. The minimum Gasteiger partial charge on any atom is -0.349 e. The van der Waals surface area contributed by atoms with E-state index < -0.39 is 11.6 Å². The number of piperidine rings is 1. The normalized spacial score (nSPS) is 16.4. The van der Waals surface area contributed by atoms with Crippen molar-refractivity contribution in [1.82, 2.24) is 4.90 Å². The van der Waals surface area contributed by atoms with Crippen LogP contribution in [0.25, 0.3) is 12.2 Å². The number of hydrogen-bond acceptors (Lipinski definition) is 3. The Balaban J connectivity index is 1.64. The Hall–Kier alpha value is -3.09. The number of rotatable bonds is 4. The smallest absolute Gasteiger partial charge is 0.188 e. The van der Waals surface area contributed by atoms with Gasteiger partial charge in [0.05, 0.1) is 0 Å². The summed E-state index contributed by atoms with van der Waals surface area (Å²) in [6, 6.07) is 22.6. The molecular formula is C27H21F2NOS2. The minimum absolute atomic E-state index is 0.228. The standard InChI is InChI=1S/C27H21F2NOS2/c28-24-12-6-4-10-20(24)14-22-16-30(27(32)33-18-19-8-2-1-3-9-19)17-23(26(22)31)15-21-11-5-7-13-25(21)29/h1-15H,16-18H2/b22-14+,23-15+. The maximum atomic E-state index is 14.3. The molecule has 0 radical (unpaired) electrons. The van der Waals surface area contributed by atoms with Crippen molar-refractivity contribution in [2.75, 3.05) is 13.1 Å². The largest absolute Gasteiger partial charge is 0.349 e. The van der Waals surface area contributed by atoms with Crippen LogP contribution in [0.1, 0.15) is 16.7 Å². The maximum Gasteiger partial charge on any atom is 0.188 e. The number of nitrogens with zero attached hydrogens (tertiary/aromatic N) is 1. The predicted molar refractivity (Wildman–Crippen MR) is 136 cm³/mol. The fourth-order valence-corrected chi connectivity index (χ4v) is 4.64. The number of Topliss-reactive ketones (excluding diaryl/α,β-unsaturated/α-hetero) is 1. The van der Waals surface area contributed by atoms with E-state index in [1.165, 1.54) is 23.9 Å². The first-order valence-corrected chi connectivity index (χ1v) is 11.8. The number of thiocarbonyl (C=S) groups is 1. The third-order valence-corrected chi connectivity index (χ3v) is 6.83. The molecule has 3 aromatic rings. The number of carbonyl (C=O) groups excluding carboxylic acids is 1. The topological polar surface area (TPSA) is 20.3 Å². The van der Waals surface area contributed by atoms with Crippen LogP contribution in [0.3, 0.4) is 0 Å². The summed E-state index contributed by atoms with van der Waals surface area (Å²) in [6.07, 6.45) is 3.12. The summed E-state index contributed by atoms with van der Waals surface area (Å²) in [5.41, 5.74) is 2.63. The number of benzene rings is 3. The number of hydrogen-bond donors (Lipinski definition) is 0. The first kappa shape index (κ1) is 23.1. The molecule has 0 amide bonds. The summed E-state index contributed by atoms with van der Waals surface area (Å²) in [7, 11) is 0. The van der Waals surface area contributed by atoms with Gasteiger partial charge in [0.25, 0.3) is 0 Å². The molecule has 6 heteroatoms. The lowest BCUT2D eigenvalue weighted by atomic mass is 9.94. The van der Waals surface area contributed by atoms with Crippen molar-refractivity contribution in [3.63, 3.8) is 0 Å². The summed E-state index contributed by atoms with van der Waals surface area (Å²) >= 11 is 7.18. The molecule has 1 aliphatic heterocycles. The Labute approximate surface area is 201 Å². The highest BCUT2D eigenvalue weighted by Crippen LogP contribution is 2.27. The van der Waals surface area contributed by atoms with Crippen molar-refractivity contribution >= 4 is 46.2 Å². The molecule has 0 spiro atoms. The van der Waals surface area contributed by atoms with E-state index in [-0.39, 0.29) is 18.9 Å². The van der Waals surface area contributed by atoms with E-state index in [4.69, 9.17) is 12.2 Å². The second-order valence-corrected chi connectivity index (χ2v) is 9.22. The third-order valence-electron chi connectivity index (χ3n) is 5.24. The molecule has 0 aliphatic carbocycles. The number of thioether (sulfide) groups is 1. The van der Waals surface area contributed by atoms with Gasteiger partial charge in [-0.2, -0.15) is 0 Å². The lowest BCUT2D eigenvalue weighted by Crippen LogP contribution is -2.39. The van der Waals surface area contributed by atoms with Crippen molar-refractivity contribution in [1.29, 1.82) is 0 Å². The molecule has 3 aromatic carbocycles. The molecular weight excluding hydrogens is 456 g/mol. The monoisotopic (exact) mass is 477 g/mol. The Kier molecular flexibility index (Phi) is 7.47. The van der Waals surface area contributed by atoms with Crippen molar-refractivity contribution in [2.24, 2.45) is 0 Å². The highest BCUT2D eigenvalue weighted by atomic mass is 32.2. The zero-order valence-electron chi connectivity index (χ0n) is 17.7. The minimum atomic E-state index is -0.407. The molecule has 0 N–H and O–H groups in total. The van der Waals surface area contributed by atoms with Crippen LogP contribution in [-0.2, 0) is 10.5 Å². The summed E-state index contributed by atoms with van der Waals surface area (Å²) in [5.74, 6) is -0.345. The van der Waals surface area contributed by atoms with Crippen molar-refractivity contribution in [2.45, 2.75) is 5.75 Å². The fourth-order valence-electron chi connectivity index (χ4n) is 3.54. The van der Waals surface area contributed by atoms with Crippen molar-refractivity contribution in [3.05, 3.63) is 118 Å². The zero-order chi connectivity index (χ0) is 23.2. The molecule has 1 saturated heterocycles. The van der Waals surface area contributed by atoms with Gasteiger partial charge in [-0.15, -0.1) is 0 Å². The summed E-state index contributed by atoms with van der Waals surface area (Å²) in [6.45, 7) is 0.533. The quantitative estimate of drug-likeness (QED) is 0.314. The van der Waals surface area contributed by atoms with Gasteiger partial charge in [0.15, 0.2) is 5.78 Å². The Bertz CT molecular complexity index is 1170. The first-order valence-electron chi connectivity index (χ1n) is 10.4. The SMILES string of the molecule is O=C1/C(=C/c2ccccc2F)CN(C(=S)SCc2ccccc2)C/C1=C\c1ccccc1F. The van der Waals surface area contributed by atoms with Crippen LogP contribution in [0.4, 0.5) is 8.78 Å². The third kappa shape index (κ3) is 5.83. The molecule has 1 aliphatic rings. The summed E-state index contributed by atoms with van der Waals surface area (Å²) < 4.78 is 29.2. The van der Waals surface area contributed by atoms with E-state index in [0.29, 0.717) is 32.3 Å². The lowest BCUT2D eigenvalue weighted by Gasteiger charge is -2.31. The Morgan fingerprint density at radius 2 is 1.30 bits per heavy atom. The molecule has 0 bridgehead atoms. The van der Waals surface area contributed by atoms with Gasteiger partial charge < -0.3 is 4.90 Å². The van der Waals surface area contributed by atoms with Gasteiger partial charge in [-0.3, -0.25) is 4.79 Å². The molecule has 33 heavy (non-hydrogen) atoms. The van der Waals surface area contributed by atoms with Gasteiger partial charge in [-0.05, 0) is 29.8 Å². The zero-order valence-corrected chi connectivity index (χ0v) is 19.3. The Morgan fingerprint density at radius 3 is 1.82 bits per heavy atom. The van der Waals surface area contributed by atoms with Crippen LogP contribution in [0, 0.1) is 11.6 Å². The van der Waals surface area contributed by atoms with E-state index in [0.717, 1.165) is 5.56 Å². The van der Waals surface area contributed by atoms with Gasteiger partial charge in [0.2, 0.25) is 0 Å². The molecule has 4 rings (SSSR count). The van der Waals surface area contributed by atoms with E-state index in [9.17, 15) is 13.6 Å². The van der Waals surface area contributed by atoms with Crippen LogP contribution in [0.15, 0.2) is 90.0 Å². The first-order chi connectivity index (χ1) is 16.0. The van der Waals surface area contributed by atoms with Crippen LogP contribution in [0.2, 0.25) is 0 Å². The second kappa shape index (κ2) is 10.7. The molecule has 166 valence electrons. The van der Waals surface area contributed by atoms with Gasteiger partial charge in [-0.25, -0.2) is 8.78 Å². The van der Waals surface area contributed by atoms with Crippen LogP contribution < -0.4 is 0 Å². The van der Waals surface area contributed by atoms with E-state index in [1.807, 2.05) is 35.2 Å². The second-order valence-electron chi connectivity index (χ2n) is 7.61. The molecule has 0 aromatic heterocycles. The van der Waals surface area contributed by atoms with Crippen molar-refractivity contribution < 1.29 is 13.6 Å².